The van der Waals surface area contributed by atoms with Gasteiger partial charge in [0, 0.05) is 49.5 Å². The zero-order chi connectivity index (χ0) is 28.5. The minimum atomic E-state index is -4.36. The maximum absolute atomic E-state index is 11.9. The largest absolute Gasteiger partial charge is 0.415 e. The molecule has 8 heteroatoms. The molecule has 0 aliphatic heterocycles. The number of aromatic amines is 1. The van der Waals surface area contributed by atoms with Gasteiger partial charge in [-0.3, -0.25) is 4.99 Å². The lowest BCUT2D eigenvalue weighted by Gasteiger charge is -2.14. The summed E-state index contributed by atoms with van der Waals surface area (Å²) in [4.78, 5) is 7.48. The summed E-state index contributed by atoms with van der Waals surface area (Å²) >= 11 is 16.1. The average Bonchev–Trinajstić information content (AvgIpc) is 3.24. The first-order valence-corrected chi connectivity index (χ1v) is 14.1. The Bertz CT molecular complexity index is 1280. The second-order valence-electron chi connectivity index (χ2n) is 9.13. The van der Waals surface area contributed by atoms with Crippen LogP contribution in [0.15, 0.2) is 70.3 Å². The minimum absolute atomic E-state index is 0.271. The van der Waals surface area contributed by atoms with Crippen molar-refractivity contribution in [1.82, 2.24) is 4.98 Å². The lowest BCUT2D eigenvalue weighted by Crippen LogP contribution is -2.08. The lowest BCUT2D eigenvalue weighted by molar-refractivity contribution is -0.0878. The fraction of sp³-hybridized carbons (Fsp3) is 0.367. The van der Waals surface area contributed by atoms with Gasteiger partial charge in [-0.15, -0.1) is 0 Å². The van der Waals surface area contributed by atoms with E-state index in [1.165, 1.54) is 28.6 Å². The fourth-order valence-electron chi connectivity index (χ4n) is 3.98. The number of aliphatic imine (C=N–C) groups is 1. The van der Waals surface area contributed by atoms with Crippen LogP contribution in [-0.4, -0.2) is 16.9 Å². The van der Waals surface area contributed by atoms with Crippen molar-refractivity contribution >= 4 is 55.7 Å². The Balaban J connectivity index is 0.000000312. The van der Waals surface area contributed by atoms with E-state index < -0.39 is 11.7 Å². The van der Waals surface area contributed by atoms with Crippen LogP contribution in [0.2, 0.25) is 10.0 Å². The molecule has 0 saturated heterocycles. The molecule has 3 rings (SSSR count). The topological polar surface area (TPSA) is 28.1 Å². The summed E-state index contributed by atoms with van der Waals surface area (Å²) in [5.41, 5.74) is 4.95. The molecule has 0 radical (unpaired) electrons. The lowest BCUT2D eigenvalue weighted by atomic mass is 9.92. The highest BCUT2D eigenvalue weighted by atomic mass is 79.9. The summed E-state index contributed by atoms with van der Waals surface area (Å²) in [6, 6.07) is 12.1. The Morgan fingerprint density at radius 3 is 2.34 bits per heavy atom. The number of fused-ring (bicyclic) bond motifs is 1. The van der Waals surface area contributed by atoms with E-state index in [0.717, 1.165) is 63.7 Å². The minimum Gasteiger partial charge on any atom is -0.358 e. The van der Waals surface area contributed by atoms with Crippen molar-refractivity contribution in [3.05, 3.63) is 92.2 Å². The molecule has 38 heavy (non-hydrogen) atoms. The number of benzene rings is 2. The number of allylic oxidation sites excluding steroid dienone is 2. The Hall–Kier alpha value is -2.02. The van der Waals surface area contributed by atoms with Crippen molar-refractivity contribution in [2.75, 3.05) is 0 Å². The molecule has 0 amide bonds. The molecule has 0 spiro atoms. The first kappa shape index (κ1) is 32.2. The zero-order valence-corrected chi connectivity index (χ0v) is 25.3. The van der Waals surface area contributed by atoms with Gasteiger partial charge in [-0.05, 0) is 83.6 Å². The first-order chi connectivity index (χ1) is 17.9. The number of aromatic nitrogens is 1. The summed E-state index contributed by atoms with van der Waals surface area (Å²) in [7, 11) is 0. The van der Waals surface area contributed by atoms with Gasteiger partial charge < -0.3 is 4.98 Å². The van der Waals surface area contributed by atoms with Crippen LogP contribution in [0.1, 0.15) is 76.1 Å². The van der Waals surface area contributed by atoms with Crippen LogP contribution in [0.25, 0.3) is 10.9 Å². The molecule has 1 unspecified atom stereocenters. The highest BCUT2D eigenvalue weighted by Crippen LogP contribution is 2.39. The maximum atomic E-state index is 11.9. The number of aryl methyl sites for hydroxylation is 1. The molecule has 0 saturated carbocycles. The first-order valence-electron chi connectivity index (χ1n) is 12.6. The van der Waals surface area contributed by atoms with Crippen LogP contribution in [0, 0.1) is 0 Å². The van der Waals surface area contributed by atoms with Gasteiger partial charge in [0.15, 0.2) is 0 Å². The predicted molar refractivity (Wildman–Crippen MR) is 161 cm³/mol. The predicted octanol–water partition coefficient (Wildman–Crippen LogP) is 11.6. The Labute approximate surface area is 242 Å². The van der Waals surface area contributed by atoms with E-state index in [4.69, 9.17) is 23.2 Å². The molecular formula is C30H34BrCl2F3N2. The second kappa shape index (κ2) is 14.9. The quantitative estimate of drug-likeness (QED) is 0.180. The molecule has 1 N–H and O–H groups in total. The molecule has 206 valence electrons. The van der Waals surface area contributed by atoms with Gasteiger partial charge in [-0.1, -0.05) is 75.5 Å². The Morgan fingerprint density at radius 1 is 1.11 bits per heavy atom. The van der Waals surface area contributed by atoms with Gasteiger partial charge in [-0.2, -0.15) is 13.2 Å². The highest BCUT2D eigenvalue weighted by Gasteiger charge is 2.29. The standard InChI is InChI=1S/C20H20BrCl2N.C10H14F3N/c1-3-4-5-15-18-17(11-10-16(23)19(18)21)24-20(15)12(2)13-6-8-14(22)9-7-13;1-4-5-9(3)14-7-6-8(2)10(11,12)13/h6-12,24H,3-5H2,1-2H3;6-7H,2,4-5H2,1,3H3/b;7-6-,14-9?. The molecule has 0 aliphatic carbocycles. The summed E-state index contributed by atoms with van der Waals surface area (Å²) in [6.45, 7) is 11.1. The second-order valence-corrected chi connectivity index (χ2v) is 10.8. The van der Waals surface area contributed by atoms with E-state index in [1.54, 1.807) is 6.92 Å². The number of hydrogen-bond donors (Lipinski definition) is 1. The summed E-state index contributed by atoms with van der Waals surface area (Å²) < 4.78 is 36.8. The number of unbranched alkanes of at least 4 members (excludes halogenated alkanes) is 1. The highest BCUT2D eigenvalue weighted by molar-refractivity contribution is 9.10. The number of alkyl halides is 3. The van der Waals surface area contributed by atoms with Crippen LogP contribution in [0.4, 0.5) is 13.2 Å². The third-order valence-electron chi connectivity index (χ3n) is 6.12. The van der Waals surface area contributed by atoms with E-state index in [-0.39, 0.29) is 5.92 Å². The van der Waals surface area contributed by atoms with Gasteiger partial charge >= 0.3 is 6.18 Å². The monoisotopic (exact) mass is 628 g/mol. The number of halogens is 6. The normalized spacial score (nSPS) is 13.1. The fourth-order valence-corrected chi connectivity index (χ4v) is 4.85. The van der Waals surface area contributed by atoms with Crippen molar-refractivity contribution < 1.29 is 13.2 Å². The van der Waals surface area contributed by atoms with Crippen LogP contribution < -0.4 is 0 Å². The molecule has 1 aromatic heterocycles. The zero-order valence-electron chi connectivity index (χ0n) is 22.2. The van der Waals surface area contributed by atoms with E-state index in [1.807, 2.05) is 25.1 Å². The van der Waals surface area contributed by atoms with Crippen molar-refractivity contribution in [2.24, 2.45) is 4.99 Å². The molecule has 0 bridgehead atoms. The molecule has 2 aromatic carbocycles. The number of hydrogen-bond acceptors (Lipinski definition) is 1. The van der Waals surface area contributed by atoms with Crippen LogP contribution >= 0.6 is 39.1 Å². The van der Waals surface area contributed by atoms with Gasteiger partial charge in [0.25, 0.3) is 0 Å². The molecule has 3 aromatic rings. The van der Waals surface area contributed by atoms with E-state index in [9.17, 15) is 13.2 Å². The molecule has 1 heterocycles. The third kappa shape index (κ3) is 9.03. The molecule has 1 atom stereocenters. The van der Waals surface area contributed by atoms with Gasteiger partial charge in [-0.25, -0.2) is 0 Å². The van der Waals surface area contributed by atoms with Gasteiger partial charge in [0.1, 0.15) is 0 Å². The summed E-state index contributed by atoms with van der Waals surface area (Å²) in [6.07, 6.45) is 2.76. The van der Waals surface area contributed by atoms with Crippen LogP contribution in [-0.2, 0) is 6.42 Å². The SMILES string of the molecule is C=C(/C=C\N=C(C)CCC)C(F)(F)F.CCCCc1c(C(C)c2ccc(Cl)cc2)[nH]c2ccc(Cl)c(Br)c12. The van der Waals surface area contributed by atoms with Gasteiger partial charge in [0.2, 0.25) is 0 Å². The van der Waals surface area contributed by atoms with E-state index in [2.05, 4.69) is 64.5 Å². The van der Waals surface area contributed by atoms with Crippen molar-refractivity contribution in [2.45, 2.75) is 71.9 Å². The summed E-state index contributed by atoms with van der Waals surface area (Å²) in [5, 5.41) is 2.74. The summed E-state index contributed by atoms with van der Waals surface area (Å²) in [5.74, 6) is 0.271. The Morgan fingerprint density at radius 2 is 1.76 bits per heavy atom. The number of nitrogens with one attached hydrogen (secondary N) is 1. The van der Waals surface area contributed by atoms with Crippen molar-refractivity contribution in [3.63, 3.8) is 0 Å². The van der Waals surface area contributed by atoms with E-state index in [0.29, 0.717) is 0 Å². The van der Waals surface area contributed by atoms with Crippen LogP contribution in [0.3, 0.4) is 0 Å². The third-order valence-corrected chi connectivity index (χ3v) is 7.74. The molecule has 0 aliphatic rings. The van der Waals surface area contributed by atoms with Crippen molar-refractivity contribution in [1.29, 1.82) is 0 Å². The Kier molecular flexibility index (Phi) is 12.7. The molecular weight excluding hydrogens is 596 g/mol. The number of rotatable bonds is 9. The van der Waals surface area contributed by atoms with Crippen LogP contribution in [0.5, 0.6) is 0 Å². The van der Waals surface area contributed by atoms with E-state index >= 15 is 0 Å². The number of H-pyrrole nitrogens is 1. The number of nitrogens with zero attached hydrogens (tertiary/aromatic N) is 1. The van der Waals surface area contributed by atoms with Crippen molar-refractivity contribution in [3.8, 4) is 0 Å². The smallest absolute Gasteiger partial charge is 0.358 e. The average molecular weight is 630 g/mol. The van der Waals surface area contributed by atoms with Gasteiger partial charge in [0.05, 0.1) is 5.02 Å². The maximum Gasteiger partial charge on any atom is 0.415 e. The molecule has 0 fully saturated rings. The molecule has 2 nitrogen and oxygen atoms in total.